The molecule has 65 heavy (non-hydrogen) atoms. The molecule has 0 spiro atoms. The van der Waals surface area contributed by atoms with E-state index in [2.05, 4.69) is 28.2 Å². The quantitative estimate of drug-likeness (QED) is 0.0640. The number of carbonyl (C=O) groups is 7. The van der Waals surface area contributed by atoms with Crippen LogP contribution in [0.4, 0.5) is 0 Å². The van der Waals surface area contributed by atoms with Crippen LogP contribution in [0.2, 0.25) is 0 Å². The third kappa shape index (κ3) is 17.3. The van der Waals surface area contributed by atoms with Crippen LogP contribution in [0.25, 0.3) is 11.1 Å². The summed E-state index contributed by atoms with van der Waals surface area (Å²) >= 11 is 0. The summed E-state index contributed by atoms with van der Waals surface area (Å²) < 4.78 is 0. The Hall–Kier alpha value is -5.71. The topological polar surface area (TPSA) is 255 Å². The summed E-state index contributed by atoms with van der Waals surface area (Å²) in [6.45, 7) is 4.05. The number of benzene rings is 2. The highest BCUT2D eigenvalue weighted by Crippen LogP contribution is 2.38. The molecule has 0 aromatic heterocycles. The molecule has 17 nitrogen and oxygen atoms in total. The van der Waals surface area contributed by atoms with E-state index in [0.29, 0.717) is 12.0 Å². The fourth-order valence-electron chi connectivity index (χ4n) is 7.85. The van der Waals surface area contributed by atoms with Crippen LogP contribution in [0.1, 0.15) is 141 Å². The fourth-order valence-corrected chi connectivity index (χ4v) is 7.85. The molecule has 0 saturated carbocycles. The number of carbonyl (C=O) groups excluding carboxylic acids is 6. The number of aliphatic hydroxyl groups excluding tert-OH is 1. The Morgan fingerprint density at radius 3 is 1.92 bits per heavy atom. The standard InChI is InChI=1S/C48H72N6O11/c1-6-7-8-9-10-11-12-13-14-15-16-17-18-19-42(59)53(4)35(30-55)22-25-41(58)50-31(2)45(61)49-29-43(60)54(5)44-34-21-24-40(57)37(28-34)36-26-33(20-23-39(36)56)27-38(48(64)65)52-46(62)32(3)51-47(44)63/h20-21,23-24,26,28,31-32,35,38,44,55-57H,6-19,22,25,27,29-30H2,1-5H3,(H,49,61)(H,50,58)(H,51,63)(H,52,62)(H,64,65)/t31-,32-,35+,38-,44-/m0/s1. The van der Waals surface area contributed by atoms with Crippen LogP contribution < -0.4 is 21.3 Å². The van der Waals surface area contributed by atoms with Gasteiger partial charge in [-0.3, -0.25) is 28.8 Å². The van der Waals surface area contributed by atoms with Crippen molar-refractivity contribution in [3.8, 4) is 22.6 Å². The molecule has 8 N–H and O–H groups in total. The van der Waals surface area contributed by atoms with Crippen molar-refractivity contribution in [3.05, 3.63) is 47.5 Å². The van der Waals surface area contributed by atoms with Gasteiger partial charge in [0.15, 0.2) is 0 Å². The molecule has 360 valence electrons. The number of nitrogens with one attached hydrogen (secondary N) is 4. The molecule has 6 amide bonds. The summed E-state index contributed by atoms with van der Waals surface area (Å²) in [6, 6.07) is 2.50. The first-order valence-corrected chi connectivity index (χ1v) is 23.2. The first-order valence-electron chi connectivity index (χ1n) is 23.2. The highest BCUT2D eigenvalue weighted by Gasteiger charge is 2.33. The summed E-state index contributed by atoms with van der Waals surface area (Å²) in [5.41, 5.74) is 0.766. The van der Waals surface area contributed by atoms with E-state index in [4.69, 9.17) is 0 Å². The Bertz CT molecular complexity index is 1930. The van der Waals surface area contributed by atoms with Gasteiger partial charge >= 0.3 is 5.97 Å². The molecule has 0 radical (unpaired) electrons. The van der Waals surface area contributed by atoms with E-state index in [0.717, 1.165) is 30.6 Å². The number of phenols is 2. The number of phenolic OH excluding ortho intramolecular Hbond substituents is 2. The van der Waals surface area contributed by atoms with Crippen molar-refractivity contribution in [1.82, 2.24) is 31.1 Å². The van der Waals surface area contributed by atoms with Crippen molar-refractivity contribution in [1.29, 1.82) is 0 Å². The van der Waals surface area contributed by atoms with Crippen LogP contribution in [-0.4, -0.2) is 123 Å². The van der Waals surface area contributed by atoms with Crippen molar-refractivity contribution >= 4 is 41.4 Å². The zero-order chi connectivity index (χ0) is 48.1. The molecule has 1 heterocycles. The average molecular weight is 909 g/mol. The lowest BCUT2D eigenvalue weighted by Gasteiger charge is -2.30. The maximum Gasteiger partial charge on any atom is 0.326 e. The number of rotatable bonds is 25. The van der Waals surface area contributed by atoms with Gasteiger partial charge in [-0.1, -0.05) is 96.1 Å². The van der Waals surface area contributed by atoms with E-state index in [9.17, 15) is 54.0 Å². The Morgan fingerprint density at radius 1 is 0.769 bits per heavy atom. The summed E-state index contributed by atoms with van der Waals surface area (Å²) in [6.07, 6.45) is 15.9. The van der Waals surface area contributed by atoms with Crippen LogP contribution in [-0.2, 0) is 40.0 Å². The van der Waals surface area contributed by atoms with Gasteiger partial charge in [0.1, 0.15) is 35.7 Å². The highest BCUT2D eigenvalue weighted by atomic mass is 16.4. The second-order valence-corrected chi connectivity index (χ2v) is 17.2. The number of carboxylic acid groups (broad SMARTS) is 1. The number of nitrogens with zero attached hydrogens (tertiary/aromatic N) is 2. The monoisotopic (exact) mass is 909 g/mol. The molecular formula is C48H72N6O11. The van der Waals surface area contributed by atoms with Gasteiger partial charge in [-0.15, -0.1) is 0 Å². The molecule has 0 aliphatic carbocycles. The van der Waals surface area contributed by atoms with E-state index in [-0.39, 0.29) is 60.0 Å². The summed E-state index contributed by atoms with van der Waals surface area (Å²) in [5.74, 6) is -5.62. The van der Waals surface area contributed by atoms with E-state index in [1.165, 1.54) is 120 Å². The molecule has 5 atom stereocenters. The third-order valence-electron chi connectivity index (χ3n) is 12.1. The van der Waals surface area contributed by atoms with Gasteiger partial charge in [0.05, 0.1) is 19.2 Å². The lowest BCUT2D eigenvalue weighted by Crippen LogP contribution is -2.54. The van der Waals surface area contributed by atoms with Gasteiger partial charge < -0.3 is 51.5 Å². The van der Waals surface area contributed by atoms with Crippen LogP contribution in [0.3, 0.4) is 0 Å². The lowest BCUT2D eigenvalue weighted by molar-refractivity contribution is -0.143. The van der Waals surface area contributed by atoms with Crippen molar-refractivity contribution in [3.63, 3.8) is 0 Å². The van der Waals surface area contributed by atoms with Gasteiger partial charge in [0.25, 0.3) is 0 Å². The zero-order valence-electron chi connectivity index (χ0n) is 38.8. The number of unbranched alkanes of at least 4 members (excludes halogenated alkanes) is 12. The first kappa shape index (κ1) is 53.6. The Labute approximate surface area is 383 Å². The number of hydrogen-bond donors (Lipinski definition) is 8. The van der Waals surface area contributed by atoms with Gasteiger partial charge in [-0.05, 0) is 62.1 Å². The third-order valence-corrected chi connectivity index (χ3v) is 12.1. The normalized spacial score (nSPS) is 17.1. The Balaban J connectivity index is 1.54. The molecule has 1 aliphatic rings. The van der Waals surface area contributed by atoms with Crippen LogP contribution in [0.15, 0.2) is 36.4 Å². The largest absolute Gasteiger partial charge is 0.507 e. The minimum atomic E-state index is -1.45. The van der Waals surface area contributed by atoms with E-state index >= 15 is 0 Å². The molecule has 4 bridgehead atoms. The Kier molecular flexibility index (Phi) is 22.8. The van der Waals surface area contributed by atoms with Crippen molar-refractivity contribution in [2.24, 2.45) is 0 Å². The maximum absolute atomic E-state index is 13.9. The molecule has 2 aromatic carbocycles. The molecule has 0 unspecified atom stereocenters. The van der Waals surface area contributed by atoms with Gasteiger partial charge in [-0.2, -0.15) is 0 Å². The van der Waals surface area contributed by atoms with Crippen LogP contribution in [0, 0.1) is 0 Å². The average Bonchev–Trinajstić information content (AvgIpc) is 3.27. The number of aromatic hydroxyl groups is 2. The van der Waals surface area contributed by atoms with E-state index in [1.807, 2.05) is 0 Å². The molecule has 0 fully saturated rings. The molecule has 0 saturated heterocycles. The minimum absolute atomic E-state index is 0.0768. The second kappa shape index (κ2) is 27.6. The zero-order valence-corrected chi connectivity index (χ0v) is 38.8. The molecule has 2 aromatic rings. The minimum Gasteiger partial charge on any atom is -0.507 e. The van der Waals surface area contributed by atoms with Crippen molar-refractivity contribution in [2.45, 2.75) is 160 Å². The predicted octanol–water partition coefficient (Wildman–Crippen LogP) is 4.60. The number of carboxylic acids is 1. The van der Waals surface area contributed by atoms with Gasteiger partial charge in [0, 0.05) is 44.5 Å². The molecule has 17 heteroatoms. The maximum atomic E-state index is 13.9. The Morgan fingerprint density at radius 2 is 1.34 bits per heavy atom. The second-order valence-electron chi connectivity index (χ2n) is 17.2. The SMILES string of the molecule is CCCCCCCCCCCCCCCC(=O)N(C)[C@@H](CO)CCC(=O)N[C@@H](C)C(=O)NCC(=O)N(C)[C@@H]1C(=O)N[C@@H](C)C(=O)N[C@H](C(=O)O)Cc2ccc(O)c(c2)-c2cc1ccc2O. The summed E-state index contributed by atoms with van der Waals surface area (Å²) in [7, 11) is 2.90. The van der Waals surface area contributed by atoms with Crippen molar-refractivity contribution < 1.29 is 54.0 Å². The molecular weight excluding hydrogens is 837 g/mol. The summed E-state index contributed by atoms with van der Waals surface area (Å²) in [4.78, 5) is 93.9. The highest BCUT2D eigenvalue weighted by molar-refractivity contribution is 5.95. The van der Waals surface area contributed by atoms with Gasteiger partial charge in [-0.25, -0.2) is 4.79 Å². The van der Waals surface area contributed by atoms with Crippen LogP contribution in [0.5, 0.6) is 11.5 Å². The predicted molar refractivity (Wildman–Crippen MR) is 245 cm³/mol. The number of likely N-dealkylation sites (N-methyl/N-ethyl adjacent to an activating group) is 2. The molecule has 1 aliphatic heterocycles. The van der Waals surface area contributed by atoms with Gasteiger partial charge in [0.2, 0.25) is 35.4 Å². The van der Waals surface area contributed by atoms with E-state index in [1.54, 1.807) is 7.05 Å². The number of fused-ring (bicyclic) bond motifs is 5. The number of amides is 6. The summed E-state index contributed by atoms with van der Waals surface area (Å²) in [5, 5.41) is 51.4. The number of aliphatic hydroxyl groups is 1. The first-order chi connectivity index (χ1) is 31.0. The number of hydrogen-bond acceptors (Lipinski definition) is 10. The van der Waals surface area contributed by atoms with Crippen molar-refractivity contribution in [2.75, 3.05) is 27.2 Å². The molecule has 3 rings (SSSR count). The fraction of sp³-hybridized carbons (Fsp3) is 0.604. The lowest BCUT2D eigenvalue weighted by atomic mass is 9.94. The van der Waals surface area contributed by atoms with Crippen LogP contribution >= 0.6 is 0 Å². The smallest absolute Gasteiger partial charge is 0.326 e. The number of aliphatic carboxylic acids is 1. The van der Waals surface area contributed by atoms with E-state index < -0.39 is 72.3 Å².